The van der Waals surface area contributed by atoms with Crippen LogP contribution in [0.15, 0.2) is 64.4 Å². The Bertz CT molecular complexity index is 605. The van der Waals surface area contributed by atoms with Gasteiger partial charge in [-0.2, -0.15) is 10.2 Å². The maximum absolute atomic E-state index is 5.58. The average Bonchev–Trinajstić information content (AvgIpc) is 2.49. The molecule has 0 bridgehead atoms. The molecule has 2 rings (SSSR count). The molecule has 0 radical (unpaired) electrons. The number of aromatic nitrogens is 2. The molecule has 7 nitrogen and oxygen atoms in total. The molecule has 0 aliphatic rings. The molecule has 20 heavy (non-hydrogen) atoms. The zero-order chi connectivity index (χ0) is 14.0. The minimum Gasteiger partial charge on any atom is -0.367 e. The van der Waals surface area contributed by atoms with Gasteiger partial charge < -0.3 is 5.73 Å². The van der Waals surface area contributed by atoms with Crippen LogP contribution in [0.1, 0.15) is 11.1 Å². The largest absolute Gasteiger partial charge is 0.367 e. The number of hydrogen-bond acceptors (Lipinski definition) is 5. The van der Waals surface area contributed by atoms with E-state index in [0.717, 1.165) is 11.1 Å². The van der Waals surface area contributed by atoms with E-state index in [2.05, 4.69) is 30.7 Å². The van der Waals surface area contributed by atoms with Gasteiger partial charge in [0.25, 0.3) is 0 Å². The van der Waals surface area contributed by atoms with E-state index in [1.54, 1.807) is 37.2 Å². The average molecular weight is 267 g/mol. The van der Waals surface area contributed by atoms with Gasteiger partial charge in [-0.05, 0) is 12.1 Å². The van der Waals surface area contributed by atoms with E-state index in [1.807, 2.05) is 24.3 Å². The first-order chi connectivity index (χ1) is 9.84. The Kier molecular flexibility index (Phi) is 4.92. The molecule has 0 amide bonds. The summed E-state index contributed by atoms with van der Waals surface area (Å²) in [5.41, 5.74) is 9.83. The number of hydrazone groups is 1. The van der Waals surface area contributed by atoms with Crippen LogP contribution in [0.2, 0.25) is 0 Å². The second kappa shape index (κ2) is 7.37. The lowest BCUT2D eigenvalue weighted by molar-refractivity contribution is 0.993. The van der Waals surface area contributed by atoms with Crippen molar-refractivity contribution in [3.8, 4) is 0 Å². The summed E-state index contributed by atoms with van der Waals surface area (Å²) in [7, 11) is 0. The highest BCUT2D eigenvalue weighted by atomic mass is 15.4. The van der Waals surface area contributed by atoms with Crippen LogP contribution in [0.5, 0.6) is 0 Å². The first-order valence-electron chi connectivity index (χ1n) is 5.80. The van der Waals surface area contributed by atoms with Crippen molar-refractivity contribution in [3.63, 3.8) is 0 Å². The molecule has 0 spiro atoms. The van der Waals surface area contributed by atoms with E-state index in [0.29, 0.717) is 0 Å². The standard InChI is InChI=1S/C13H13N7/c14-13(19-17-9-11-3-1-5-15-7-11)20-18-10-12-4-2-6-16-8-12/h1-10H,(H3,14,19,20)/b17-9-,18-10-. The van der Waals surface area contributed by atoms with Gasteiger partial charge >= 0.3 is 0 Å². The quantitative estimate of drug-likeness (QED) is 0.485. The van der Waals surface area contributed by atoms with Gasteiger partial charge in [-0.3, -0.25) is 9.97 Å². The Morgan fingerprint density at radius 2 is 1.70 bits per heavy atom. The third-order valence-corrected chi connectivity index (χ3v) is 2.13. The molecule has 0 aliphatic heterocycles. The molecule has 100 valence electrons. The van der Waals surface area contributed by atoms with Crippen LogP contribution in [0.25, 0.3) is 0 Å². The first kappa shape index (κ1) is 13.3. The highest BCUT2D eigenvalue weighted by Gasteiger charge is 1.88. The van der Waals surface area contributed by atoms with Crippen molar-refractivity contribution >= 4 is 18.4 Å². The Morgan fingerprint density at radius 1 is 1.05 bits per heavy atom. The summed E-state index contributed by atoms with van der Waals surface area (Å²) < 4.78 is 0. The number of hydrogen-bond donors (Lipinski definition) is 2. The molecule has 0 aromatic carbocycles. The van der Waals surface area contributed by atoms with E-state index in [4.69, 9.17) is 5.73 Å². The van der Waals surface area contributed by atoms with Crippen LogP contribution in [-0.4, -0.2) is 28.4 Å². The lowest BCUT2D eigenvalue weighted by atomic mass is 10.3. The van der Waals surface area contributed by atoms with Gasteiger partial charge in [-0.1, -0.05) is 12.1 Å². The third-order valence-electron chi connectivity index (χ3n) is 2.13. The highest BCUT2D eigenvalue weighted by Crippen LogP contribution is 1.91. The zero-order valence-corrected chi connectivity index (χ0v) is 10.6. The van der Waals surface area contributed by atoms with E-state index < -0.39 is 0 Å². The van der Waals surface area contributed by atoms with Gasteiger partial charge in [-0.15, -0.1) is 5.10 Å². The van der Waals surface area contributed by atoms with Crippen LogP contribution in [0.3, 0.4) is 0 Å². The van der Waals surface area contributed by atoms with Crippen molar-refractivity contribution in [2.24, 2.45) is 21.0 Å². The molecular formula is C13H13N7. The summed E-state index contributed by atoms with van der Waals surface area (Å²) in [6.07, 6.45) is 9.85. The van der Waals surface area contributed by atoms with Crippen molar-refractivity contribution < 1.29 is 0 Å². The molecule has 0 saturated heterocycles. The van der Waals surface area contributed by atoms with Crippen molar-refractivity contribution in [2.75, 3.05) is 0 Å². The molecule has 0 atom stereocenters. The molecular weight excluding hydrogens is 254 g/mol. The van der Waals surface area contributed by atoms with E-state index in [-0.39, 0.29) is 5.96 Å². The Hall–Kier alpha value is -3.09. The summed E-state index contributed by atoms with van der Waals surface area (Å²) in [6, 6.07) is 7.35. The smallest absolute Gasteiger partial charge is 0.234 e. The van der Waals surface area contributed by atoms with Gasteiger partial charge in [0.05, 0.1) is 12.4 Å². The van der Waals surface area contributed by atoms with Crippen molar-refractivity contribution in [1.82, 2.24) is 15.4 Å². The Morgan fingerprint density at radius 3 is 2.30 bits per heavy atom. The molecule has 3 N–H and O–H groups in total. The first-order valence-corrected chi connectivity index (χ1v) is 5.80. The Labute approximate surface area is 116 Å². The number of pyridine rings is 2. The second-order valence-corrected chi connectivity index (χ2v) is 3.67. The van der Waals surface area contributed by atoms with E-state index in [1.165, 1.54) is 0 Å². The predicted molar refractivity (Wildman–Crippen MR) is 78.4 cm³/mol. The normalized spacial score (nSPS) is 12.1. The maximum Gasteiger partial charge on any atom is 0.234 e. The van der Waals surface area contributed by atoms with E-state index in [9.17, 15) is 0 Å². The van der Waals surface area contributed by atoms with Crippen LogP contribution in [0.4, 0.5) is 0 Å². The Balaban J connectivity index is 1.86. The molecule has 2 heterocycles. The van der Waals surface area contributed by atoms with Gasteiger partial charge in [-0.25, -0.2) is 5.43 Å². The highest BCUT2D eigenvalue weighted by molar-refractivity contribution is 5.84. The molecule has 0 aliphatic carbocycles. The summed E-state index contributed by atoms with van der Waals surface area (Å²) in [4.78, 5) is 7.91. The number of nitrogens with zero attached hydrogens (tertiary/aromatic N) is 5. The predicted octanol–water partition coefficient (Wildman–Crippen LogP) is 0.749. The van der Waals surface area contributed by atoms with Crippen LogP contribution < -0.4 is 11.2 Å². The SMILES string of the molecule is NC(=N/N=C\c1cccnc1)N/N=C\c1cccnc1. The van der Waals surface area contributed by atoms with Crippen LogP contribution in [-0.2, 0) is 0 Å². The molecule has 7 heteroatoms. The lowest BCUT2D eigenvalue weighted by Crippen LogP contribution is -2.26. The molecule has 0 fully saturated rings. The lowest BCUT2D eigenvalue weighted by Gasteiger charge is -1.95. The van der Waals surface area contributed by atoms with Gasteiger partial charge in [0.1, 0.15) is 0 Å². The number of nitrogens with one attached hydrogen (secondary N) is 1. The summed E-state index contributed by atoms with van der Waals surface area (Å²) in [5.74, 6) is 0.0882. The molecule has 2 aromatic heterocycles. The zero-order valence-electron chi connectivity index (χ0n) is 10.6. The minimum absolute atomic E-state index is 0.0882. The van der Waals surface area contributed by atoms with Crippen molar-refractivity contribution in [1.29, 1.82) is 0 Å². The molecule has 0 saturated carbocycles. The van der Waals surface area contributed by atoms with Crippen LogP contribution in [0, 0.1) is 0 Å². The fourth-order valence-electron chi connectivity index (χ4n) is 1.26. The maximum atomic E-state index is 5.58. The third kappa shape index (κ3) is 4.65. The minimum atomic E-state index is 0.0882. The fraction of sp³-hybridized carbons (Fsp3) is 0. The van der Waals surface area contributed by atoms with E-state index >= 15 is 0 Å². The summed E-state index contributed by atoms with van der Waals surface area (Å²) in [5, 5.41) is 11.5. The monoisotopic (exact) mass is 267 g/mol. The number of guanidine groups is 1. The van der Waals surface area contributed by atoms with Crippen molar-refractivity contribution in [3.05, 3.63) is 60.2 Å². The second-order valence-electron chi connectivity index (χ2n) is 3.67. The van der Waals surface area contributed by atoms with Gasteiger partial charge in [0.15, 0.2) is 0 Å². The number of rotatable bonds is 4. The van der Waals surface area contributed by atoms with Crippen molar-refractivity contribution in [2.45, 2.75) is 0 Å². The summed E-state index contributed by atoms with van der Waals surface area (Å²) >= 11 is 0. The summed E-state index contributed by atoms with van der Waals surface area (Å²) in [6.45, 7) is 0. The topological polar surface area (TPSA) is 101 Å². The van der Waals surface area contributed by atoms with Crippen LogP contribution >= 0.6 is 0 Å². The number of nitrogens with two attached hydrogens (primary N) is 1. The molecule has 2 aromatic rings. The fourth-order valence-corrected chi connectivity index (χ4v) is 1.26. The van der Waals surface area contributed by atoms with Gasteiger partial charge in [0.2, 0.25) is 5.96 Å². The van der Waals surface area contributed by atoms with Gasteiger partial charge in [0, 0.05) is 35.9 Å². The molecule has 0 unspecified atom stereocenters.